The minimum Gasteiger partial charge on any atom is -0.463 e. The molecule has 3 aliphatic carbocycles. The van der Waals surface area contributed by atoms with Crippen molar-refractivity contribution in [3.63, 3.8) is 0 Å². The van der Waals surface area contributed by atoms with Crippen LogP contribution in [0.25, 0.3) is 18.2 Å². The second kappa shape index (κ2) is 48.7. The number of nitrogens with zero attached hydrogens (tertiary/aromatic N) is 11. The molecule has 0 unspecified atom stereocenters. The molecule has 29 nitrogen and oxygen atoms in total. The topological polar surface area (TPSA) is 346 Å². The number of anilines is 5. The van der Waals surface area contributed by atoms with E-state index in [1.165, 1.54) is 24.2 Å². The van der Waals surface area contributed by atoms with Crippen LogP contribution < -0.4 is 24.5 Å². The van der Waals surface area contributed by atoms with Gasteiger partial charge in [-0.1, -0.05) is 22.6 Å². The molecule has 0 bridgehead atoms. The van der Waals surface area contributed by atoms with Gasteiger partial charge < -0.3 is 62.6 Å². The summed E-state index contributed by atoms with van der Waals surface area (Å²) < 4.78 is 53.9. The van der Waals surface area contributed by atoms with E-state index in [0.717, 1.165) is 184 Å². The van der Waals surface area contributed by atoms with Gasteiger partial charge in [0, 0.05) is 185 Å². The molecule has 650 valence electrons. The molecule has 0 spiro atoms. The van der Waals surface area contributed by atoms with Crippen molar-refractivity contribution in [1.82, 2.24) is 4.90 Å². The Hall–Kier alpha value is -8.45. The van der Waals surface area contributed by atoms with Crippen molar-refractivity contribution >= 4 is 211 Å². The van der Waals surface area contributed by atoms with E-state index in [1.807, 2.05) is 53.2 Å². The van der Waals surface area contributed by atoms with Crippen molar-refractivity contribution in [1.29, 1.82) is 10.5 Å². The highest BCUT2D eigenvalue weighted by Crippen LogP contribution is 2.41. The standard InChI is InChI=1S/C19H20BrN3O2.C16H15BrN2O2.C16H18BrNO3.C15H17BrN2O6.C11H13BrN2O3.C7H5BrFNO2.CH3I/c1-22(2)12-16(11-21)19(24)15-7-13-9-17(20)18(10-14(13)8-15)23-3-5-25-6-4-23;17-14-9-11-7-13(16(20)1-2-18)8-12(11)10-15(14)19-3-5-21-6-4-19;1-2-21-16(19)13-7-11-9-14(17)15(10-12(11)8-13)18-3-5-20-6-4-18;1-2-24-15(20)14(19)8-10-7-13(17-3-5-23-6-4-17)11(16)9-12(10)18(21)22;1-8-6-11(13-2-4-17-5-3-13)9(12)7-10(8)14(15)16;1-4-2-6(9)5(8)3-7(4)10(11)12;1-2/h8-10,12H,3-7H2,1-2H3;8-10H,1,3-7H2;8-10H,2-7H2,1H3;7,9H,2-6,8H2,1H3;6-7H,2-5H2,1H3;2-3H,1H3;1H3. The van der Waals surface area contributed by atoms with Gasteiger partial charge in [0.1, 0.15) is 17.5 Å². The number of halogens is 8. The van der Waals surface area contributed by atoms with E-state index in [-0.39, 0.29) is 74.6 Å². The Bertz CT molecular complexity index is 5090. The van der Waals surface area contributed by atoms with E-state index in [9.17, 15) is 64.0 Å². The van der Waals surface area contributed by atoms with Crippen LogP contribution in [-0.4, -0.2) is 213 Å². The first-order valence-corrected chi connectivity index (χ1v) is 45.6. The van der Waals surface area contributed by atoms with Crippen LogP contribution in [-0.2, 0) is 82.8 Å². The summed E-state index contributed by atoms with van der Waals surface area (Å²) in [6.45, 7) is 22.3. The molecular formula is C85H91Br6FIN11O18. The number of hydrogen-bond acceptors (Lipinski definition) is 26. The Balaban J connectivity index is 0.000000183. The number of morpholine rings is 5. The van der Waals surface area contributed by atoms with Crippen LogP contribution in [0.3, 0.4) is 0 Å². The number of benzene rings is 6. The number of alkyl halides is 1. The molecular weight excluding hydrogens is 2090 g/mol. The number of ether oxygens (including phenoxy) is 7. The Kier molecular flexibility index (Phi) is 39.5. The normalized spacial score (nSPS) is 15.5. The molecule has 5 aliphatic heterocycles. The molecule has 0 saturated carbocycles. The minimum absolute atomic E-state index is 0.0443. The number of rotatable bonds is 19. The highest BCUT2D eigenvalue weighted by Gasteiger charge is 2.31. The minimum atomic E-state index is -0.984. The third kappa shape index (κ3) is 27.5. The van der Waals surface area contributed by atoms with Gasteiger partial charge in [-0.2, -0.15) is 10.5 Å². The quantitative estimate of drug-likeness (QED) is 0.0106. The maximum Gasteiger partial charge on any atom is 0.374 e. The van der Waals surface area contributed by atoms with Crippen molar-refractivity contribution in [2.75, 3.05) is 188 Å². The maximum absolute atomic E-state index is 12.8. The number of carbonyl (C=O) groups excluding carboxylic acids is 5. The van der Waals surface area contributed by atoms with Gasteiger partial charge in [0.25, 0.3) is 17.1 Å². The molecule has 37 heteroatoms. The number of nitro benzene ring substituents is 3. The summed E-state index contributed by atoms with van der Waals surface area (Å²) in [5, 5.41) is 50.3. The van der Waals surface area contributed by atoms with Crippen molar-refractivity contribution in [3.8, 4) is 12.1 Å². The molecule has 0 amide bonds. The van der Waals surface area contributed by atoms with E-state index < -0.39 is 27.4 Å². The molecule has 5 saturated heterocycles. The Morgan fingerprint density at radius 1 is 0.492 bits per heavy atom. The first-order valence-electron chi connectivity index (χ1n) is 38.6. The van der Waals surface area contributed by atoms with Crippen LogP contribution in [0, 0.1) is 72.7 Å². The fraction of sp³-hybridized carbons (Fsp3) is 0.400. The lowest BCUT2D eigenvalue weighted by molar-refractivity contribution is -0.385. The average Bonchev–Trinajstić information content (AvgIpc) is 1.65. The Morgan fingerprint density at radius 3 is 1.20 bits per heavy atom. The van der Waals surface area contributed by atoms with Crippen molar-refractivity contribution in [3.05, 3.63) is 214 Å². The van der Waals surface area contributed by atoms with Crippen LogP contribution in [0.1, 0.15) is 70.3 Å². The van der Waals surface area contributed by atoms with E-state index in [4.69, 9.17) is 33.7 Å². The van der Waals surface area contributed by atoms with Gasteiger partial charge in [0.2, 0.25) is 11.6 Å². The van der Waals surface area contributed by atoms with Gasteiger partial charge in [-0.3, -0.25) is 44.7 Å². The van der Waals surface area contributed by atoms with Crippen LogP contribution >= 0.6 is 118 Å². The number of fused-ring (bicyclic) bond motifs is 3. The molecule has 8 aliphatic rings. The van der Waals surface area contributed by atoms with Gasteiger partial charge in [-0.05, 0) is 234 Å². The molecule has 0 radical (unpaired) electrons. The number of ketones is 3. The van der Waals surface area contributed by atoms with Crippen molar-refractivity contribution < 1.29 is 76.3 Å². The lowest BCUT2D eigenvalue weighted by Gasteiger charge is -2.30. The third-order valence-corrected chi connectivity index (χ3v) is 23.6. The Labute approximate surface area is 770 Å². The fourth-order valence-electron chi connectivity index (χ4n) is 13.8. The number of hydrogen-bond donors (Lipinski definition) is 0. The highest BCUT2D eigenvalue weighted by molar-refractivity contribution is 14.1. The monoisotopic (exact) mass is 2170 g/mol. The number of carbonyl (C=O) groups is 5. The molecule has 14 rings (SSSR count). The molecule has 5 heterocycles. The largest absolute Gasteiger partial charge is 0.463 e. The summed E-state index contributed by atoms with van der Waals surface area (Å²) in [4.78, 5) is 105. The van der Waals surface area contributed by atoms with Gasteiger partial charge in [-0.25, -0.2) is 14.0 Å². The van der Waals surface area contributed by atoms with E-state index in [2.05, 4.69) is 179 Å². The first kappa shape index (κ1) is 99.0. The molecule has 6 aromatic carbocycles. The second-order valence-corrected chi connectivity index (χ2v) is 33.3. The molecule has 122 heavy (non-hydrogen) atoms. The van der Waals surface area contributed by atoms with Crippen molar-refractivity contribution in [2.24, 2.45) is 0 Å². The zero-order valence-corrected chi connectivity index (χ0v) is 79.8. The number of Topliss-reactive ketones (excluding diaryl/α,β-unsaturated/α-hetero) is 3. The van der Waals surface area contributed by atoms with Crippen molar-refractivity contribution in [2.45, 2.75) is 59.8 Å². The van der Waals surface area contributed by atoms with Gasteiger partial charge in [-0.15, -0.1) is 0 Å². The van der Waals surface area contributed by atoms with E-state index in [1.54, 1.807) is 51.2 Å². The first-order chi connectivity index (χ1) is 58.4. The SMILES string of the molecule is CCOC(=O)C(=O)Cc1cc(N2CCOCC2)c(Br)cc1[N+](=O)[O-].CCOC(=O)C1=Cc2cc(N3CCOCC3)c(Br)cc2C1.CI.CN(C)C=C(C#N)C(=O)C1=Cc2cc(N3CCOCC3)c(Br)cc2C1.Cc1cc(F)c(Br)cc1[N+](=O)[O-].Cc1cc(N2CCOCC2)c(Br)cc1[N+](=O)[O-].N#CCC(=O)C1=Cc2cc(N3CCOCC3)c(Br)cc2C1. The third-order valence-electron chi connectivity index (χ3n) is 19.8. The second-order valence-electron chi connectivity index (χ2n) is 28.1. The number of nitro groups is 3. The number of esters is 2. The molecule has 0 aromatic heterocycles. The molecule has 5 fully saturated rings. The average molecular weight is 2180 g/mol. The summed E-state index contributed by atoms with van der Waals surface area (Å²) >= 11 is 22.7. The smallest absolute Gasteiger partial charge is 0.374 e. The highest BCUT2D eigenvalue weighted by atomic mass is 127. The zero-order chi connectivity index (χ0) is 89.0. The van der Waals surface area contributed by atoms with Gasteiger partial charge >= 0.3 is 11.9 Å². The number of aryl methyl sites for hydroxylation is 2. The van der Waals surface area contributed by atoms with Crippen LogP contribution in [0.5, 0.6) is 0 Å². The molecule has 6 aromatic rings. The molecule has 0 atom stereocenters. The Morgan fingerprint density at radius 2 is 0.828 bits per heavy atom. The predicted octanol–water partition coefficient (Wildman–Crippen LogP) is 16.5. The van der Waals surface area contributed by atoms with Gasteiger partial charge in [0.05, 0.1) is 139 Å². The molecule has 0 N–H and O–H groups in total. The van der Waals surface area contributed by atoms with Crippen LogP contribution in [0.4, 0.5) is 49.9 Å². The summed E-state index contributed by atoms with van der Waals surface area (Å²) in [6.07, 6.45) is 8.76. The summed E-state index contributed by atoms with van der Waals surface area (Å²) in [5.41, 5.74) is 15.2. The lowest BCUT2D eigenvalue weighted by atomic mass is 10.0. The predicted molar refractivity (Wildman–Crippen MR) is 494 cm³/mol. The van der Waals surface area contributed by atoms with Gasteiger partial charge in [0.15, 0.2) is 5.78 Å². The fourth-order valence-corrected chi connectivity index (χ4v) is 17.2. The lowest BCUT2D eigenvalue weighted by Crippen LogP contribution is -2.36. The zero-order valence-electron chi connectivity index (χ0n) is 68.1. The van der Waals surface area contributed by atoms with E-state index >= 15 is 0 Å². The van der Waals surface area contributed by atoms with E-state index in [0.29, 0.717) is 86.6 Å². The number of nitriles is 2. The number of allylic oxidation sites excluding steroid dienone is 3. The van der Waals surface area contributed by atoms with Crippen LogP contribution in [0.2, 0.25) is 0 Å². The van der Waals surface area contributed by atoms with Crippen LogP contribution in [0.15, 0.2) is 128 Å². The summed E-state index contributed by atoms with van der Waals surface area (Å²) in [5.74, 6) is -2.76. The summed E-state index contributed by atoms with van der Waals surface area (Å²) in [7, 11) is 3.60. The summed E-state index contributed by atoms with van der Waals surface area (Å²) in [6, 6.07) is 25.2. The maximum atomic E-state index is 12.8.